The number of aromatic amines is 1. The summed E-state index contributed by atoms with van der Waals surface area (Å²) in [5.74, 6) is -2.40. The third kappa shape index (κ3) is 9.16. The van der Waals surface area contributed by atoms with Gasteiger partial charge in [0.2, 0.25) is 11.9 Å². The summed E-state index contributed by atoms with van der Waals surface area (Å²) in [5.41, 5.74) is 6.76. The Balaban J connectivity index is 0.000000559. The number of ether oxygens (including phenoxy) is 1. The number of carboxylic acids is 1. The molecule has 2 aliphatic heterocycles. The van der Waals surface area contributed by atoms with E-state index in [0.29, 0.717) is 24.1 Å². The van der Waals surface area contributed by atoms with Crippen LogP contribution in [-0.2, 0) is 20.7 Å². The maximum atomic E-state index is 12.5. The minimum Gasteiger partial charge on any atom is -0.475 e. The number of nitrogens with one attached hydrogen (secondary N) is 2. The van der Waals surface area contributed by atoms with Crippen LogP contribution in [0.25, 0.3) is 0 Å². The number of carbonyl (C=O) groups is 2. The van der Waals surface area contributed by atoms with Gasteiger partial charge in [-0.05, 0) is 37.0 Å². The number of morpholine rings is 1. The number of amides is 1. The van der Waals surface area contributed by atoms with Crippen LogP contribution in [0, 0.1) is 0 Å². The van der Waals surface area contributed by atoms with Gasteiger partial charge in [0.05, 0.1) is 13.2 Å². The summed E-state index contributed by atoms with van der Waals surface area (Å²) >= 11 is 6.02. The normalized spacial score (nSPS) is 20.6. The fourth-order valence-corrected chi connectivity index (χ4v) is 4.61. The Kier molecular flexibility index (Phi) is 10.9. The number of piperidine rings is 1. The largest absolute Gasteiger partial charge is 0.490 e. The van der Waals surface area contributed by atoms with Crippen LogP contribution >= 0.6 is 11.6 Å². The Bertz CT molecular complexity index is 1110. The molecule has 40 heavy (non-hydrogen) atoms. The highest BCUT2D eigenvalue weighted by atomic mass is 35.5. The summed E-state index contributed by atoms with van der Waals surface area (Å²) in [6, 6.07) is 7.94. The molecule has 1 aromatic carbocycles. The van der Waals surface area contributed by atoms with Crippen molar-refractivity contribution < 1.29 is 41.4 Å². The van der Waals surface area contributed by atoms with Gasteiger partial charge in [0.15, 0.2) is 0 Å². The molecule has 0 unspecified atom stereocenters. The molecule has 222 valence electrons. The first kappa shape index (κ1) is 31.3. The lowest BCUT2D eigenvalue weighted by Crippen LogP contribution is -2.60. The smallest absolute Gasteiger partial charge is 0.475 e. The van der Waals surface area contributed by atoms with E-state index < -0.39 is 37.1 Å². The van der Waals surface area contributed by atoms with Gasteiger partial charge in [0.1, 0.15) is 6.10 Å². The van der Waals surface area contributed by atoms with Crippen LogP contribution < -0.4 is 16.0 Å². The molecule has 5 N–H and O–H groups in total. The predicted molar refractivity (Wildman–Crippen MR) is 134 cm³/mol. The minimum atomic E-state index is -5.08. The van der Waals surface area contributed by atoms with Gasteiger partial charge in [-0.3, -0.25) is 9.69 Å². The van der Waals surface area contributed by atoms with Crippen LogP contribution in [0.2, 0.25) is 5.02 Å². The number of nitrogen functional groups attached to an aromatic ring is 1. The second-order valence-corrected chi connectivity index (χ2v) is 9.62. The SMILES string of the molecule is Nc1nc(N2CCC(N3C[C@H](C(=O)NCC(F)F)OC[C@@H]3Cc3ccc(Cl)cc3)CC2)n[nH]1.O=C(O)C(F)(F)F. The van der Waals surface area contributed by atoms with Crippen molar-refractivity contribution in [2.24, 2.45) is 0 Å². The van der Waals surface area contributed by atoms with Gasteiger partial charge in [0.25, 0.3) is 12.3 Å². The highest BCUT2D eigenvalue weighted by Crippen LogP contribution is 2.27. The van der Waals surface area contributed by atoms with Gasteiger partial charge in [-0.15, -0.1) is 5.10 Å². The molecule has 1 amide bonds. The van der Waals surface area contributed by atoms with Crippen LogP contribution in [-0.4, -0.2) is 101 Å². The van der Waals surface area contributed by atoms with E-state index in [1.54, 1.807) is 0 Å². The number of aliphatic carboxylic acids is 1. The molecule has 0 aliphatic carbocycles. The van der Waals surface area contributed by atoms with Crippen molar-refractivity contribution in [1.82, 2.24) is 25.4 Å². The Morgan fingerprint density at radius 3 is 2.38 bits per heavy atom. The highest BCUT2D eigenvalue weighted by molar-refractivity contribution is 6.30. The summed E-state index contributed by atoms with van der Waals surface area (Å²) < 4.78 is 62.6. The van der Waals surface area contributed by atoms with Crippen molar-refractivity contribution >= 4 is 35.4 Å². The number of alkyl halides is 5. The number of hydrogen-bond acceptors (Lipinski definition) is 8. The van der Waals surface area contributed by atoms with Gasteiger partial charge in [-0.1, -0.05) is 23.7 Å². The molecule has 2 aliphatic rings. The quantitative estimate of drug-likeness (QED) is 0.353. The van der Waals surface area contributed by atoms with Crippen LogP contribution in [0.15, 0.2) is 24.3 Å². The minimum absolute atomic E-state index is 0.0565. The van der Waals surface area contributed by atoms with E-state index in [1.807, 2.05) is 24.3 Å². The van der Waals surface area contributed by atoms with Gasteiger partial charge in [-0.2, -0.15) is 18.2 Å². The fourth-order valence-electron chi connectivity index (χ4n) is 4.49. The first-order valence-corrected chi connectivity index (χ1v) is 12.6. The first-order chi connectivity index (χ1) is 18.8. The Morgan fingerprint density at radius 2 is 1.85 bits per heavy atom. The molecule has 4 rings (SSSR count). The van der Waals surface area contributed by atoms with Crippen molar-refractivity contribution in [3.05, 3.63) is 34.9 Å². The molecule has 3 heterocycles. The number of anilines is 2. The van der Waals surface area contributed by atoms with Gasteiger partial charge in [0, 0.05) is 36.7 Å². The van der Waals surface area contributed by atoms with Crippen LogP contribution in [0.1, 0.15) is 18.4 Å². The number of benzene rings is 1. The van der Waals surface area contributed by atoms with Gasteiger partial charge >= 0.3 is 12.1 Å². The maximum absolute atomic E-state index is 12.5. The number of aromatic nitrogens is 3. The monoisotopic (exact) mass is 597 g/mol. The molecule has 0 bridgehead atoms. The van der Waals surface area contributed by atoms with E-state index in [2.05, 4.69) is 30.3 Å². The number of halogens is 6. The molecule has 2 aromatic rings. The molecule has 2 fully saturated rings. The van der Waals surface area contributed by atoms with E-state index in [0.717, 1.165) is 37.9 Å². The molecule has 1 aromatic heterocycles. The predicted octanol–water partition coefficient (Wildman–Crippen LogP) is 2.34. The number of rotatable bonds is 7. The molecule has 2 atom stereocenters. The zero-order chi connectivity index (χ0) is 29.4. The molecule has 11 nitrogen and oxygen atoms in total. The Hall–Kier alpha value is -3.24. The molecule has 0 spiro atoms. The molecule has 0 saturated carbocycles. The van der Waals surface area contributed by atoms with Crippen molar-refractivity contribution in [1.29, 1.82) is 0 Å². The van der Waals surface area contributed by atoms with E-state index >= 15 is 0 Å². The van der Waals surface area contributed by atoms with Crippen molar-refractivity contribution in [2.45, 2.75) is 50.1 Å². The summed E-state index contributed by atoms with van der Waals surface area (Å²) in [4.78, 5) is 29.9. The molecule has 0 radical (unpaired) electrons. The molecular formula is C23H29ClF5N7O4. The second-order valence-electron chi connectivity index (χ2n) is 9.18. The Labute approximate surface area is 230 Å². The average molecular weight is 598 g/mol. The topological polar surface area (TPSA) is 150 Å². The highest BCUT2D eigenvalue weighted by Gasteiger charge is 2.39. The summed E-state index contributed by atoms with van der Waals surface area (Å²) in [5, 5.41) is 16.9. The molecular weight excluding hydrogens is 569 g/mol. The summed E-state index contributed by atoms with van der Waals surface area (Å²) in [6.07, 6.45) is -6.04. The fraction of sp³-hybridized carbons (Fsp3) is 0.565. The lowest BCUT2D eigenvalue weighted by atomic mass is 9.96. The summed E-state index contributed by atoms with van der Waals surface area (Å²) in [6.45, 7) is 1.51. The summed E-state index contributed by atoms with van der Waals surface area (Å²) in [7, 11) is 0. The number of carboxylic acid groups (broad SMARTS) is 1. The van der Waals surface area contributed by atoms with Gasteiger partial charge < -0.3 is 25.8 Å². The second kappa shape index (κ2) is 13.9. The lowest BCUT2D eigenvalue weighted by Gasteiger charge is -2.46. The van der Waals surface area contributed by atoms with E-state index in [1.165, 1.54) is 0 Å². The van der Waals surface area contributed by atoms with Crippen molar-refractivity contribution in [3.63, 3.8) is 0 Å². The number of nitrogens with zero attached hydrogens (tertiary/aromatic N) is 4. The molecule has 2 saturated heterocycles. The average Bonchev–Trinajstić information content (AvgIpc) is 3.35. The Morgan fingerprint density at radius 1 is 1.23 bits per heavy atom. The maximum Gasteiger partial charge on any atom is 0.490 e. The molecule has 17 heteroatoms. The van der Waals surface area contributed by atoms with Crippen LogP contribution in [0.3, 0.4) is 0 Å². The number of nitrogens with two attached hydrogens (primary N) is 1. The van der Waals surface area contributed by atoms with E-state index in [-0.39, 0.29) is 18.0 Å². The lowest BCUT2D eigenvalue weighted by molar-refractivity contribution is -0.192. The van der Waals surface area contributed by atoms with Crippen LogP contribution in [0.4, 0.5) is 33.8 Å². The first-order valence-electron chi connectivity index (χ1n) is 12.2. The van der Waals surface area contributed by atoms with E-state index in [9.17, 15) is 26.7 Å². The van der Waals surface area contributed by atoms with Crippen molar-refractivity contribution in [3.8, 4) is 0 Å². The standard InChI is InChI=1S/C21H28ClF2N7O2.C2HF3O2/c22-14-3-1-13(2-4-14)9-16-12-33-17(19(32)26-10-18(23)24)11-31(16)15-5-7-30(8-6-15)21-27-20(25)28-29-21;3-2(4,5)1(6)7/h1-4,15-18H,5-12H2,(H,26,32)(H3,25,27,28,29);(H,6,7)/t16-,17+;/m0./s1. The third-order valence-corrected chi connectivity index (χ3v) is 6.64. The third-order valence-electron chi connectivity index (χ3n) is 6.39. The van der Waals surface area contributed by atoms with Crippen molar-refractivity contribution in [2.75, 3.05) is 43.4 Å². The number of H-pyrrole nitrogens is 1. The zero-order valence-electron chi connectivity index (χ0n) is 21.1. The van der Waals surface area contributed by atoms with Gasteiger partial charge in [-0.25, -0.2) is 18.7 Å². The number of hydrogen-bond donors (Lipinski definition) is 4. The van der Waals surface area contributed by atoms with Crippen LogP contribution in [0.5, 0.6) is 0 Å². The zero-order valence-corrected chi connectivity index (χ0v) is 21.8. The number of carbonyl (C=O) groups excluding carboxylic acids is 1. The van der Waals surface area contributed by atoms with E-state index in [4.69, 9.17) is 32.0 Å².